The van der Waals surface area contributed by atoms with E-state index >= 15 is 0 Å². The highest BCUT2D eigenvalue weighted by molar-refractivity contribution is 6.31. The van der Waals surface area contributed by atoms with Crippen molar-refractivity contribution >= 4 is 23.3 Å². The molecule has 1 N–H and O–H groups in total. The summed E-state index contributed by atoms with van der Waals surface area (Å²) in [7, 11) is 3.45. The number of morpholine rings is 1. The molecule has 1 atom stereocenters. The molecule has 134 valence electrons. The first kappa shape index (κ1) is 17.5. The summed E-state index contributed by atoms with van der Waals surface area (Å²) in [5.74, 6) is 0.183. The Kier molecular flexibility index (Phi) is 5.10. The molecule has 0 bridgehead atoms. The molecule has 1 unspecified atom stereocenters. The Hall–Kier alpha value is -2.32. The van der Waals surface area contributed by atoms with Crippen molar-refractivity contribution in [1.29, 1.82) is 0 Å². The van der Waals surface area contributed by atoms with Crippen LogP contribution in [0.1, 0.15) is 10.5 Å². The van der Waals surface area contributed by atoms with Gasteiger partial charge in [0.15, 0.2) is 5.82 Å². The van der Waals surface area contributed by atoms with Crippen molar-refractivity contribution in [3.05, 3.63) is 45.7 Å². The number of carbonyl (C=O) groups is 1. The largest absolute Gasteiger partial charge is 0.373 e. The molecular formula is C16H20ClN5O3. The average Bonchev–Trinajstić information content (AvgIpc) is 2.94. The van der Waals surface area contributed by atoms with E-state index in [2.05, 4.69) is 10.3 Å². The first-order valence-corrected chi connectivity index (χ1v) is 8.31. The number of nitrogens with zero attached hydrogens (tertiary/aromatic N) is 4. The maximum Gasteiger partial charge on any atom is 0.293 e. The fraction of sp³-hybridized carbons (Fsp3) is 0.438. The molecule has 0 aromatic carbocycles. The highest BCUT2D eigenvalue weighted by atomic mass is 35.5. The predicted molar refractivity (Wildman–Crippen MR) is 94.0 cm³/mol. The Labute approximate surface area is 150 Å². The highest BCUT2D eigenvalue weighted by Crippen LogP contribution is 2.16. The Bertz CT molecular complexity index is 831. The number of amides is 1. The van der Waals surface area contributed by atoms with Crippen molar-refractivity contribution in [2.24, 2.45) is 14.1 Å². The molecule has 1 saturated heterocycles. The summed E-state index contributed by atoms with van der Waals surface area (Å²) >= 11 is 5.96. The summed E-state index contributed by atoms with van der Waals surface area (Å²) in [5, 5.41) is 3.54. The van der Waals surface area contributed by atoms with E-state index in [1.54, 1.807) is 48.2 Å². The van der Waals surface area contributed by atoms with E-state index in [0.717, 1.165) is 0 Å². The zero-order chi connectivity index (χ0) is 18.0. The van der Waals surface area contributed by atoms with E-state index in [4.69, 9.17) is 16.3 Å². The molecule has 0 spiro atoms. The van der Waals surface area contributed by atoms with E-state index in [1.807, 2.05) is 0 Å². The van der Waals surface area contributed by atoms with Gasteiger partial charge in [-0.15, -0.1) is 0 Å². The lowest BCUT2D eigenvalue weighted by molar-refractivity contribution is -0.0153. The van der Waals surface area contributed by atoms with Gasteiger partial charge in [0, 0.05) is 52.3 Å². The summed E-state index contributed by atoms with van der Waals surface area (Å²) in [5.41, 5.74) is 0.335. The number of anilines is 1. The number of halogens is 1. The molecule has 2 aromatic heterocycles. The van der Waals surface area contributed by atoms with Gasteiger partial charge in [0.2, 0.25) is 0 Å². The minimum absolute atomic E-state index is 0.0866. The lowest BCUT2D eigenvalue weighted by atomic mass is 10.2. The minimum Gasteiger partial charge on any atom is -0.373 e. The topological polar surface area (TPSA) is 81.4 Å². The van der Waals surface area contributed by atoms with Gasteiger partial charge < -0.3 is 24.1 Å². The second-order valence-electron chi connectivity index (χ2n) is 5.97. The lowest BCUT2D eigenvalue weighted by Crippen LogP contribution is -2.48. The monoisotopic (exact) mass is 365 g/mol. The molecule has 1 aliphatic rings. The van der Waals surface area contributed by atoms with Gasteiger partial charge >= 0.3 is 0 Å². The van der Waals surface area contributed by atoms with Gasteiger partial charge in [0.25, 0.3) is 11.5 Å². The van der Waals surface area contributed by atoms with Gasteiger partial charge in [-0.1, -0.05) is 11.6 Å². The minimum atomic E-state index is -0.222. The van der Waals surface area contributed by atoms with Gasteiger partial charge in [-0.25, -0.2) is 4.98 Å². The van der Waals surface area contributed by atoms with Gasteiger partial charge in [0.1, 0.15) is 5.69 Å². The predicted octanol–water partition coefficient (Wildman–Crippen LogP) is 0.725. The standard InChI is InChI=1S/C16H20ClN5O3/c1-20-4-3-18-14(16(20)24)19-8-12-10-22(5-6-25-12)15(23)13-7-11(17)9-21(13)2/h3-4,7,9,12H,5-6,8,10H2,1-2H3,(H,18,19). The zero-order valence-corrected chi connectivity index (χ0v) is 14.9. The molecule has 1 amide bonds. The van der Waals surface area contributed by atoms with E-state index in [0.29, 0.717) is 37.0 Å². The Morgan fingerprint density at radius 3 is 2.96 bits per heavy atom. The Morgan fingerprint density at radius 2 is 2.24 bits per heavy atom. The Morgan fingerprint density at radius 1 is 1.44 bits per heavy atom. The van der Waals surface area contributed by atoms with Gasteiger partial charge in [0.05, 0.1) is 17.7 Å². The number of ether oxygens (including phenoxy) is 1. The van der Waals surface area contributed by atoms with E-state index in [1.165, 1.54) is 4.57 Å². The molecule has 9 heteroatoms. The van der Waals surface area contributed by atoms with Crippen molar-refractivity contribution < 1.29 is 9.53 Å². The second-order valence-corrected chi connectivity index (χ2v) is 6.41. The maximum atomic E-state index is 12.7. The third-order valence-electron chi connectivity index (χ3n) is 4.13. The molecule has 3 heterocycles. The van der Waals surface area contributed by atoms with Crippen LogP contribution in [0.4, 0.5) is 5.82 Å². The molecule has 3 rings (SSSR count). The molecule has 0 saturated carbocycles. The number of rotatable bonds is 4. The van der Waals surface area contributed by atoms with E-state index < -0.39 is 0 Å². The third-order valence-corrected chi connectivity index (χ3v) is 4.34. The lowest BCUT2D eigenvalue weighted by Gasteiger charge is -2.33. The number of hydrogen-bond acceptors (Lipinski definition) is 5. The van der Waals surface area contributed by atoms with Crippen LogP contribution < -0.4 is 10.9 Å². The number of aryl methyl sites for hydroxylation is 2. The summed E-state index contributed by atoms with van der Waals surface area (Å²) in [6, 6.07) is 1.66. The Balaban J connectivity index is 1.63. The maximum absolute atomic E-state index is 12.7. The molecule has 1 aliphatic heterocycles. The van der Waals surface area contributed by atoms with E-state index in [9.17, 15) is 9.59 Å². The molecule has 2 aromatic rings. The van der Waals surface area contributed by atoms with Crippen LogP contribution in [0.5, 0.6) is 0 Å². The van der Waals surface area contributed by atoms with Crippen LogP contribution in [0.2, 0.25) is 5.02 Å². The fourth-order valence-corrected chi connectivity index (χ4v) is 3.01. The molecule has 8 nitrogen and oxygen atoms in total. The highest BCUT2D eigenvalue weighted by Gasteiger charge is 2.26. The fourth-order valence-electron chi connectivity index (χ4n) is 2.76. The number of hydrogen-bond donors (Lipinski definition) is 1. The van der Waals surface area contributed by atoms with Crippen LogP contribution in [0.15, 0.2) is 29.5 Å². The normalized spacial score (nSPS) is 17.6. The van der Waals surface area contributed by atoms with Crippen LogP contribution >= 0.6 is 11.6 Å². The van der Waals surface area contributed by atoms with Crippen LogP contribution in [0, 0.1) is 0 Å². The van der Waals surface area contributed by atoms with Gasteiger partial charge in [-0.05, 0) is 6.07 Å². The second kappa shape index (κ2) is 7.28. The van der Waals surface area contributed by atoms with Crippen LogP contribution in [-0.2, 0) is 18.8 Å². The molecular weight excluding hydrogens is 346 g/mol. The number of carbonyl (C=O) groups excluding carboxylic acids is 1. The first-order valence-electron chi connectivity index (χ1n) is 7.94. The van der Waals surface area contributed by atoms with Crippen molar-refractivity contribution in [3.8, 4) is 0 Å². The summed E-state index contributed by atoms with van der Waals surface area (Å²) < 4.78 is 8.86. The van der Waals surface area contributed by atoms with Gasteiger partial charge in [-0.3, -0.25) is 9.59 Å². The quantitative estimate of drug-likeness (QED) is 0.863. The van der Waals surface area contributed by atoms with Crippen molar-refractivity contribution in [2.45, 2.75) is 6.10 Å². The molecule has 0 radical (unpaired) electrons. The first-order chi connectivity index (χ1) is 12.0. The van der Waals surface area contributed by atoms with Crippen LogP contribution in [-0.4, -0.2) is 57.3 Å². The summed E-state index contributed by atoms with van der Waals surface area (Å²) in [4.78, 5) is 30.4. The summed E-state index contributed by atoms with van der Waals surface area (Å²) in [6.07, 6.45) is 4.63. The van der Waals surface area contributed by atoms with Gasteiger partial charge in [-0.2, -0.15) is 0 Å². The smallest absolute Gasteiger partial charge is 0.293 e. The zero-order valence-electron chi connectivity index (χ0n) is 14.1. The SMILES string of the molecule is Cn1cc(Cl)cc1C(=O)N1CCOC(CNc2nccn(C)c2=O)C1. The number of aromatic nitrogens is 3. The molecule has 0 aliphatic carbocycles. The van der Waals surface area contributed by atoms with Crippen molar-refractivity contribution in [2.75, 3.05) is 31.6 Å². The third kappa shape index (κ3) is 3.85. The van der Waals surface area contributed by atoms with Crippen LogP contribution in [0.25, 0.3) is 0 Å². The number of nitrogens with one attached hydrogen (secondary N) is 1. The molecule has 1 fully saturated rings. The summed E-state index contributed by atoms with van der Waals surface area (Å²) in [6.45, 7) is 1.78. The van der Waals surface area contributed by atoms with Crippen molar-refractivity contribution in [3.63, 3.8) is 0 Å². The van der Waals surface area contributed by atoms with Crippen molar-refractivity contribution in [1.82, 2.24) is 19.0 Å². The molecule has 25 heavy (non-hydrogen) atoms. The van der Waals surface area contributed by atoms with E-state index in [-0.39, 0.29) is 23.4 Å². The van der Waals surface area contributed by atoms with Crippen LogP contribution in [0.3, 0.4) is 0 Å². The average molecular weight is 366 g/mol.